The van der Waals surface area contributed by atoms with Crippen LogP contribution >= 0.6 is 11.6 Å². The van der Waals surface area contributed by atoms with Crippen LogP contribution in [0.25, 0.3) is 0 Å². The number of hydrogen-bond donors (Lipinski definition) is 2. The van der Waals surface area contributed by atoms with Gasteiger partial charge >= 0.3 is 0 Å². The summed E-state index contributed by atoms with van der Waals surface area (Å²) in [5.74, 6) is 0.459. The monoisotopic (exact) mass is 322 g/mol. The van der Waals surface area contributed by atoms with Crippen molar-refractivity contribution in [3.63, 3.8) is 0 Å². The van der Waals surface area contributed by atoms with Gasteiger partial charge in [0.2, 0.25) is 0 Å². The number of hydrogen-bond acceptors (Lipinski definition) is 5. The van der Waals surface area contributed by atoms with Crippen LogP contribution in [0, 0.1) is 0 Å². The third-order valence-electron chi connectivity index (χ3n) is 3.28. The number of aromatic nitrogens is 4. The van der Waals surface area contributed by atoms with Gasteiger partial charge in [-0.2, -0.15) is 5.21 Å². The Kier molecular flexibility index (Phi) is 5.32. The van der Waals surface area contributed by atoms with E-state index in [-0.39, 0.29) is 11.8 Å². The van der Waals surface area contributed by atoms with Gasteiger partial charge < -0.3 is 10.2 Å². The number of aromatic amines is 1. The van der Waals surface area contributed by atoms with Crippen molar-refractivity contribution in [2.45, 2.75) is 19.8 Å². The molecule has 0 fully saturated rings. The average Bonchev–Trinajstić information content (AvgIpc) is 3.03. The van der Waals surface area contributed by atoms with E-state index >= 15 is 0 Å². The molecule has 0 aliphatic heterocycles. The van der Waals surface area contributed by atoms with Crippen LogP contribution in [0.4, 0.5) is 5.69 Å². The number of anilines is 1. The van der Waals surface area contributed by atoms with E-state index in [4.69, 9.17) is 11.6 Å². The van der Waals surface area contributed by atoms with Crippen molar-refractivity contribution in [1.29, 1.82) is 0 Å². The van der Waals surface area contributed by atoms with Gasteiger partial charge in [-0.3, -0.25) is 4.79 Å². The Morgan fingerprint density at radius 3 is 2.91 bits per heavy atom. The molecule has 2 N–H and O–H groups in total. The van der Waals surface area contributed by atoms with Gasteiger partial charge in [-0.1, -0.05) is 23.7 Å². The first-order valence-corrected chi connectivity index (χ1v) is 7.43. The molecule has 0 unspecified atom stereocenters. The lowest BCUT2D eigenvalue weighted by Crippen LogP contribution is -2.31. The maximum Gasteiger partial charge on any atom is 0.255 e. The van der Waals surface area contributed by atoms with E-state index in [0.29, 0.717) is 23.0 Å². The first-order chi connectivity index (χ1) is 10.5. The van der Waals surface area contributed by atoms with E-state index in [9.17, 15) is 4.79 Å². The first-order valence-electron chi connectivity index (χ1n) is 7.05. The van der Waals surface area contributed by atoms with Crippen LogP contribution in [-0.2, 0) is 0 Å². The zero-order valence-corrected chi connectivity index (χ0v) is 13.6. The molecule has 8 heteroatoms. The molecule has 118 valence electrons. The smallest absolute Gasteiger partial charge is 0.255 e. The van der Waals surface area contributed by atoms with E-state index in [1.807, 2.05) is 19.9 Å². The van der Waals surface area contributed by atoms with Crippen LogP contribution in [0.5, 0.6) is 0 Å². The third kappa shape index (κ3) is 3.73. The topological polar surface area (TPSA) is 86.8 Å². The van der Waals surface area contributed by atoms with Gasteiger partial charge in [-0.15, -0.1) is 10.2 Å². The highest BCUT2D eigenvalue weighted by Gasteiger charge is 2.20. The fourth-order valence-electron chi connectivity index (χ4n) is 2.20. The SMILES string of the molecule is CCNc1ccc(Cl)cc1C(=O)N(C)C[C@H](C)c1nn[nH]n1. The number of halogens is 1. The van der Waals surface area contributed by atoms with Gasteiger partial charge in [0.15, 0.2) is 5.82 Å². The Hall–Kier alpha value is -2.15. The van der Waals surface area contributed by atoms with Gasteiger partial charge in [-0.05, 0) is 25.1 Å². The molecule has 7 nitrogen and oxygen atoms in total. The van der Waals surface area contributed by atoms with E-state index in [1.54, 1.807) is 24.1 Å². The summed E-state index contributed by atoms with van der Waals surface area (Å²) in [5, 5.41) is 17.5. The molecule has 1 heterocycles. The Morgan fingerprint density at radius 1 is 1.50 bits per heavy atom. The van der Waals surface area contributed by atoms with E-state index in [1.165, 1.54) is 0 Å². The quantitative estimate of drug-likeness (QED) is 0.851. The highest BCUT2D eigenvalue weighted by atomic mass is 35.5. The lowest BCUT2D eigenvalue weighted by molar-refractivity contribution is 0.0788. The molecule has 0 radical (unpaired) electrons. The zero-order chi connectivity index (χ0) is 16.1. The number of carbonyl (C=O) groups excluding carboxylic acids is 1. The minimum absolute atomic E-state index is 0.0190. The summed E-state index contributed by atoms with van der Waals surface area (Å²) < 4.78 is 0. The number of H-pyrrole nitrogens is 1. The van der Waals surface area contributed by atoms with Crippen molar-refractivity contribution in [3.8, 4) is 0 Å². The van der Waals surface area contributed by atoms with Crippen molar-refractivity contribution in [2.75, 3.05) is 25.5 Å². The minimum Gasteiger partial charge on any atom is -0.385 e. The number of likely N-dealkylation sites (N-methyl/N-ethyl adjacent to an activating group) is 1. The van der Waals surface area contributed by atoms with E-state index in [2.05, 4.69) is 25.9 Å². The molecular formula is C14H19ClN6O. The largest absolute Gasteiger partial charge is 0.385 e. The number of benzene rings is 1. The fourth-order valence-corrected chi connectivity index (χ4v) is 2.37. The lowest BCUT2D eigenvalue weighted by Gasteiger charge is -2.21. The molecule has 0 saturated heterocycles. The van der Waals surface area contributed by atoms with Crippen molar-refractivity contribution >= 4 is 23.2 Å². The van der Waals surface area contributed by atoms with Crippen LogP contribution in [0.1, 0.15) is 35.9 Å². The standard InChI is InChI=1S/C14H19ClN6O/c1-4-16-12-6-5-10(15)7-11(12)14(22)21(3)8-9(2)13-17-19-20-18-13/h5-7,9,16H,4,8H2,1-3H3,(H,17,18,19,20)/t9-/m0/s1. The number of nitrogens with zero attached hydrogens (tertiary/aromatic N) is 4. The highest BCUT2D eigenvalue weighted by Crippen LogP contribution is 2.23. The molecule has 2 aromatic rings. The van der Waals surface area contributed by atoms with Crippen molar-refractivity contribution < 1.29 is 4.79 Å². The van der Waals surface area contributed by atoms with Crippen LogP contribution in [0.3, 0.4) is 0 Å². The normalized spacial score (nSPS) is 12.0. The molecule has 0 spiro atoms. The van der Waals surface area contributed by atoms with E-state index in [0.717, 1.165) is 12.2 Å². The second-order valence-corrected chi connectivity index (χ2v) is 5.51. The van der Waals surface area contributed by atoms with E-state index < -0.39 is 0 Å². The Balaban J connectivity index is 2.14. The second-order valence-electron chi connectivity index (χ2n) is 5.08. The molecule has 1 aromatic heterocycles. The summed E-state index contributed by atoms with van der Waals surface area (Å²) in [6.45, 7) is 5.13. The summed E-state index contributed by atoms with van der Waals surface area (Å²) in [5.41, 5.74) is 1.33. The summed E-state index contributed by atoms with van der Waals surface area (Å²) >= 11 is 6.02. The molecule has 1 aromatic carbocycles. The number of tetrazole rings is 1. The summed E-state index contributed by atoms with van der Waals surface area (Å²) in [6, 6.07) is 5.26. The molecule has 0 saturated carbocycles. The predicted molar refractivity (Wildman–Crippen MR) is 85.2 cm³/mol. The molecule has 0 bridgehead atoms. The third-order valence-corrected chi connectivity index (χ3v) is 3.51. The molecule has 0 aliphatic rings. The lowest BCUT2D eigenvalue weighted by atomic mass is 10.1. The maximum atomic E-state index is 12.7. The van der Waals surface area contributed by atoms with Gasteiger partial charge in [0.05, 0.1) is 5.56 Å². The van der Waals surface area contributed by atoms with Crippen LogP contribution in [0.2, 0.25) is 5.02 Å². The summed E-state index contributed by atoms with van der Waals surface area (Å²) in [7, 11) is 1.75. The Bertz CT molecular complexity index is 630. The minimum atomic E-state index is -0.103. The van der Waals surface area contributed by atoms with Crippen LogP contribution in [-0.4, -0.2) is 51.6 Å². The van der Waals surface area contributed by atoms with Gasteiger partial charge in [0, 0.05) is 36.8 Å². The molecule has 0 aliphatic carbocycles. The number of rotatable bonds is 6. The van der Waals surface area contributed by atoms with Gasteiger partial charge in [-0.25, -0.2) is 0 Å². The summed E-state index contributed by atoms with van der Waals surface area (Å²) in [4.78, 5) is 14.3. The summed E-state index contributed by atoms with van der Waals surface area (Å²) in [6.07, 6.45) is 0. The molecule has 22 heavy (non-hydrogen) atoms. The zero-order valence-electron chi connectivity index (χ0n) is 12.8. The van der Waals surface area contributed by atoms with Crippen molar-refractivity contribution in [1.82, 2.24) is 25.5 Å². The van der Waals surface area contributed by atoms with Crippen molar-refractivity contribution in [2.24, 2.45) is 0 Å². The van der Waals surface area contributed by atoms with Crippen LogP contribution < -0.4 is 5.32 Å². The Morgan fingerprint density at radius 2 is 2.27 bits per heavy atom. The number of nitrogens with one attached hydrogen (secondary N) is 2. The molecule has 1 atom stereocenters. The fraction of sp³-hybridized carbons (Fsp3) is 0.429. The highest BCUT2D eigenvalue weighted by molar-refractivity contribution is 6.31. The van der Waals surface area contributed by atoms with Crippen molar-refractivity contribution in [3.05, 3.63) is 34.6 Å². The molecule has 1 amide bonds. The van der Waals surface area contributed by atoms with Crippen LogP contribution in [0.15, 0.2) is 18.2 Å². The maximum absolute atomic E-state index is 12.7. The number of amides is 1. The molecule has 2 rings (SSSR count). The van der Waals surface area contributed by atoms with Gasteiger partial charge in [0.25, 0.3) is 5.91 Å². The second kappa shape index (κ2) is 7.22. The van der Waals surface area contributed by atoms with Gasteiger partial charge in [0.1, 0.15) is 0 Å². The molecular weight excluding hydrogens is 304 g/mol. The average molecular weight is 323 g/mol. The first kappa shape index (κ1) is 16.2. The number of carbonyl (C=O) groups is 1. The Labute approximate surface area is 134 Å². The predicted octanol–water partition coefficient (Wildman–Crippen LogP) is 2.16.